The van der Waals surface area contributed by atoms with E-state index in [1.807, 2.05) is 55.5 Å². The fourth-order valence-corrected chi connectivity index (χ4v) is 12.4. The van der Waals surface area contributed by atoms with E-state index in [0.29, 0.717) is 36.9 Å². The van der Waals surface area contributed by atoms with Gasteiger partial charge >= 0.3 is 12.1 Å². The Morgan fingerprint density at radius 3 is 2.24 bits per heavy atom. The second kappa shape index (κ2) is 20.7. The van der Waals surface area contributed by atoms with Crippen LogP contribution in [-0.2, 0) is 68.2 Å². The second-order valence-corrected chi connectivity index (χ2v) is 20.8. The van der Waals surface area contributed by atoms with E-state index >= 15 is 0 Å². The molecule has 5 aliphatic heterocycles. The Labute approximate surface area is 445 Å². The molecule has 11 rings (SSSR count). The number of benzene rings is 4. The molecule has 21 heteroatoms. The van der Waals surface area contributed by atoms with Crippen LogP contribution >= 0.6 is 0 Å². The number of ketones is 2. The van der Waals surface area contributed by atoms with Crippen molar-refractivity contribution in [2.45, 2.75) is 133 Å². The first-order valence-electron chi connectivity index (χ1n) is 26.2. The Balaban J connectivity index is 0.825. The summed E-state index contributed by atoms with van der Waals surface area (Å²) in [5.41, 5.74) is 4.42. The minimum atomic E-state index is -1.97. The normalized spacial score (nSPS) is 25.3. The Morgan fingerprint density at radius 1 is 0.821 bits per heavy atom. The fraction of sp³-hybridized carbons (Fsp3) is 0.421. The number of aromatic nitrogens is 2. The van der Waals surface area contributed by atoms with E-state index in [9.17, 15) is 54.0 Å². The lowest BCUT2D eigenvalue weighted by molar-refractivity contribution is -0.271. The van der Waals surface area contributed by atoms with Crippen LogP contribution in [-0.4, -0.2) is 144 Å². The highest BCUT2D eigenvalue weighted by molar-refractivity contribution is 6.31. The molecule has 0 radical (unpaired) electrons. The molecule has 9 unspecified atom stereocenters. The van der Waals surface area contributed by atoms with Crippen LogP contribution in [0.5, 0.6) is 5.75 Å². The lowest BCUT2D eigenvalue weighted by Crippen LogP contribution is -2.61. The third-order valence-electron chi connectivity index (χ3n) is 16.1. The Morgan fingerprint density at radius 2 is 1.51 bits per heavy atom. The Bertz CT molecular complexity index is 3490. The number of ether oxygens (including phenoxy) is 5. The molecule has 4 aromatic carbocycles. The molecule has 6 aromatic rings. The van der Waals surface area contributed by atoms with Gasteiger partial charge in [0.05, 0.1) is 33.7 Å². The van der Waals surface area contributed by atoms with Crippen LogP contribution in [0.25, 0.3) is 43.6 Å². The number of para-hydroxylation sites is 2. The minimum absolute atomic E-state index is 0.000999. The van der Waals surface area contributed by atoms with Gasteiger partial charge in [-0.15, -0.1) is 0 Å². The molecule has 0 aliphatic carbocycles. The first kappa shape index (κ1) is 52.5. The molecule has 4 amide bonds. The zero-order valence-electron chi connectivity index (χ0n) is 43.1. The first-order chi connectivity index (χ1) is 37.5. The quantitative estimate of drug-likeness (QED) is 0.0527. The van der Waals surface area contributed by atoms with E-state index in [1.165, 1.54) is 23.1 Å². The number of Topliss-reactive ketones (excluding diaryl/α,β-unsaturated/α-hetero) is 2. The maximum Gasteiger partial charge on any atom is 0.410 e. The summed E-state index contributed by atoms with van der Waals surface area (Å²) in [5.74, 6) is -2.84. The van der Waals surface area contributed by atoms with Crippen LogP contribution in [0.15, 0.2) is 78.9 Å². The number of hydrogen-bond acceptors (Lipinski definition) is 15. The van der Waals surface area contributed by atoms with Gasteiger partial charge < -0.3 is 63.5 Å². The van der Waals surface area contributed by atoms with Gasteiger partial charge in [-0.2, -0.15) is 0 Å². The number of nitrogens with one attached hydrogen (secondary N) is 1. The number of fused-ring (bicyclic) bond motifs is 13. The van der Waals surface area contributed by atoms with Crippen LogP contribution in [0.3, 0.4) is 0 Å². The number of aliphatic hydroxyl groups is 3. The van der Waals surface area contributed by atoms with E-state index in [4.69, 9.17) is 23.7 Å². The molecule has 0 spiro atoms. The molecule has 408 valence electrons. The highest BCUT2D eigenvalue weighted by Gasteiger charge is 2.55. The molecule has 7 heterocycles. The number of likely N-dealkylation sites (N-methyl/N-ethyl adjacent to an activating group) is 1. The smallest absolute Gasteiger partial charge is 0.410 e. The van der Waals surface area contributed by atoms with Crippen LogP contribution in [0.4, 0.5) is 4.79 Å². The summed E-state index contributed by atoms with van der Waals surface area (Å²) >= 11 is 0. The van der Waals surface area contributed by atoms with Crippen molar-refractivity contribution >= 4 is 85.0 Å². The molecule has 78 heavy (non-hydrogen) atoms. The molecule has 2 bridgehead atoms. The number of hydrogen-bond donors (Lipinski definition) is 5. The average Bonchev–Trinajstić information content (AvgIpc) is 3.35. The minimum Gasteiger partial charge on any atom is -0.479 e. The number of methoxy groups -OCH3 is 1. The predicted molar refractivity (Wildman–Crippen MR) is 278 cm³/mol. The van der Waals surface area contributed by atoms with Crippen LogP contribution in [0.1, 0.15) is 91.6 Å². The molecule has 2 saturated heterocycles. The molecule has 0 saturated carbocycles. The zero-order chi connectivity index (χ0) is 54.9. The Hall–Kier alpha value is -7.53. The third-order valence-corrected chi connectivity index (χ3v) is 16.1. The summed E-state index contributed by atoms with van der Waals surface area (Å²) in [7, 11) is 3.21. The third kappa shape index (κ3) is 8.87. The van der Waals surface area contributed by atoms with Gasteiger partial charge in [-0.25, -0.2) is 9.59 Å². The summed E-state index contributed by atoms with van der Waals surface area (Å²) < 4.78 is 35.4. The van der Waals surface area contributed by atoms with Crippen LogP contribution in [0, 0.1) is 0 Å². The van der Waals surface area contributed by atoms with Gasteiger partial charge in [-0.3, -0.25) is 28.9 Å². The molecular formula is C57H59N5O16. The lowest BCUT2D eigenvalue weighted by atomic mass is 9.92. The number of aliphatic hydroxyl groups excluding tert-OH is 3. The number of rotatable bonds is 19. The van der Waals surface area contributed by atoms with Crippen molar-refractivity contribution in [1.29, 1.82) is 0 Å². The number of imide groups is 1. The summed E-state index contributed by atoms with van der Waals surface area (Å²) in [6.45, 7) is 2.30. The number of carbonyl (C=O) groups is 7. The first-order valence-corrected chi connectivity index (χ1v) is 26.2. The summed E-state index contributed by atoms with van der Waals surface area (Å²) in [5, 5.41) is 48.0. The summed E-state index contributed by atoms with van der Waals surface area (Å²) in [6.07, 6.45) is -6.85. The van der Waals surface area contributed by atoms with E-state index in [1.54, 1.807) is 26.3 Å². The van der Waals surface area contributed by atoms with Crippen LogP contribution in [0.2, 0.25) is 0 Å². The molecule has 2 aromatic heterocycles. The lowest BCUT2D eigenvalue weighted by Gasteiger charge is -2.50. The predicted octanol–water partition coefficient (Wildman–Crippen LogP) is 5.01. The maximum atomic E-state index is 14.5. The Kier molecular flexibility index (Phi) is 13.9. The van der Waals surface area contributed by atoms with Crippen molar-refractivity contribution in [1.82, 2.24) is 24.3 Å². The number of nitrogens with zero attached hydrogens (tertiary/aromatic N) is 4. The van der Waals surface area contributed by atoms with E-state index in [-0.39, 0.29) is 92.3 Å². The maximum absolute atomic E-state index is 14.5. The van der Waals surface area contributed by atoms with Crippen molar-refractivity contribution in [2.24, 2.45) is 0 Å². The van der Waals surface area contributed by atoms with Gasteiger partial charge in [-0.1, -0.05) is 48.9 Å². The van der Waals surface area contributed by atoms with E-state index in [0.717, 1.165) is 54.1 Å². The molecule has 2 fully saturated rings. The molecule has 21 nitrogen and oxygen atoms in total. The number of carboxylic acid groups (broad SMARTS) is 1. The second-order valence-electron chi connectivity index (χ2n) is 20.8. The largest absolute Gasteiger partial charge is 0.479 e. The molecule has 5 aliphatic rings. The zero-order valence-corrected chi connectivity index (χ0v) is 43.1. The van der Waals surface area contributed by atoms with E-state index < -0.39 is 66.9 Å². The van der Waals surface area contributed by atoms with Crippen molar-refractivity contribution in [3.63, 3.8) is 0 Å². The van der Waals surface area contributed by atoms with E-state index in [2.05, 4.69) is 14.5 Å². The highest BCUT2D eigenvalue weighted by atomic mass is 16.7. The number of aliphatic carboxylic acids is 1. The SMILES string of the molecule is COC1C(N(C)C(=O)OCc2ccc(OC3OC(C(=O)O)C(O)C(O)C3O)c(CC(=O)CCCC(=O)CCCCCN3C(=O)C=CC3=O)c2)CC2OC1(C)n1c3ccccc3c3c4c(c5c6ccccc6n2c5c31)C(=O)NC4. The van der Waals surface area contributed by atoms with Gasteiger partial charge in [-0.05, 0) is 61.6 Å². The fourth-order valence-electron chi connectivity index (χ4n) is 12.4. The average molecular weight is 1070 g/mol. The van der Waals surface area contributed by atoms with Gasteiger partial charge in [0.15, 0.2) is 11.8 Å². The number of carbonyl (C=O) groups excluding carboxylic acids is 6. The number of unbranched alkanes of at least 4 members (excludes halogenated alkanes) is 2. The highest BCUT2D eigenvalue weighted by Crippen LogP contribution is 2.54. The van der Waals surface area contributed by atoms with Gasteiger partial charge in [0.2, 0.25) is 6.29 Å². The molecule has 9 atom stereocenters. The molecule has 5 N–H and O–H groups in total. The molecular weight excluding hydrogens is 1010 g/mol. The van der Waals surface area contributed by atoms with Crippen molar-refractivity contribution in [2.75, 3.05) is 20.7 Å². The van der Waals surface area contributed by atoms with Gasteiger partial charge in [0.25, 0.3) is 17.7 Å². The number of amides is 4. The van der Waals surface area contributed by atoms with Gasteiger partial charge in [0.1, 0.15) is 54.6 Å². The number of carboxylic acids is 1. The standard InChI is InChI=1S/C57H59N5O16/c1-57-52(74-3)38(26-42(78-57)61-36-17-8-6-15-33(36)44-45-35(27-58-53(45)70)43-34-16-7-9-18-37(34)62(57)47(43)46(44)61)59(2)56(73)75-28-29-19-20-39(76-55-50(69)48(67)49(68)51(77-55)54(71)72)30(24-29)25-32(64)14-11-13-31(63)12-5-4-10-23-60-40(65)21-22-41(60)66/h6-9,15-22,24,38,42,48-52,55,67-69H,4-5,10-14,23,25-28H2,1-3H3,(H,58,70)(H,71,72). The van der Waals surface area contributed by atoms with Crippen molar-refractivity contribution in [3.8, 4) is 5.75 Å². The van der Waals surface area contributed by atoms with Crippen molar-refractivity contribution in [3.05, 3.63) is 101 Å². The van der Waals surface area contributed by atoms with Crippen molar-refractivity contribution < 1.29 is 77.7 Å². The van der Waals surface area contributed by atoms with Gasteiger partial charge in [0, 0.05) is 98.6 Å². The van der Waals surface area contributed by atoms with Crippen LogP contribution < -0.4 is 10.1 Å². The summed E-state index contributed by atoms with van der Waals surface area (Å²) in [6, 6.07) is 19.8. The monoisotopic (exact) mass is 1070 g/mol. The topological polar surface area (TPSA) is 275 Å². The summed E-state index contributed by atoms with van der Waals surface area (Å²) in [4.78, 5) is 92.9.